The lowest BCUT2D eigenvalue weighted by Crippen LogP contribution is -2.43. The molecule has 1 aliphatic heterocycles. The van der Waals surface area contributed by atoms with Crippen LogP contribution in [0.25, 0.3) is 0 Å². The number of hydrogen-bond acceptors (Lipinski definition) is 4. The van der Waals surface area contributed by atoms with E-state index in [1.807, 2.05) is 0 Å². The average molecular weight is 290 g/mol. The Bertz CT molecular complexity index is 506. The van der Waals surface area contributed by atoms with Crippen LogP contribution in [0.15, 0.2) is 12.1 Å². The first-order chi connectivity index (χ1) is 10.2. The van der Waals surface area contributed by atoms with E-state index in [-0.39, 0.29) is 5.54 Å². The van der Waals surface area contributed by atoms with Crippen molar-refractivity contribution in [2.24, 2.45) is 5.73 Å². The molecule has 1 aliphatic carbocycles. The van der Waals surface area contributed by atoms with Gasteiger partial charge >= 0.3 is 0 Å². The van der Waals surface area contributed by atoms with Crippen molar-refractivity contribution in [2.75, 3.05) is 32.2 Å². The van der Waals surface area contributed by atoms with E-state index >= 15 is 0 Å². The fourth-order valence-corrected chi connectivity index (χ4v) is 3.48. The minimum atomic E-state index is -0.237. The van der Waals surface area contributed by atoms with Crippen LogP contribution in [0, 0.1) is 0 Å². The summed E-state index contributed by atoms with van der Waals surface area (Å²) in [5.74, 6) is 1.82. The fraction of sp³-hybridized carbons (Fsp3) is 0.647. The van der Waals surface area contributed by atoms with E-state index in [2.05, 4.69) is 17.0 Å². The predicted octanol–water partition coefficient (Wildman–Crippen LogP) is 3.03. The summed E-state index contributed by atoms with van der Waals surface area (Å²) in [7, 11) is 3.47. The summed E-state index contributed by atoms with van der Waals surface area (Å²) in [6.45, 7) is 2.18. The van der Waals surface area contributed by atoms with E-state index < -0.39 is 0 Å². The van der Waals surface area contributed by atoms with Crippen molar-refractivity contribution >= 4 is 5.69 Å². The minimum absolute atomic E-state index is 0.237. The molecule has 1 heterocycles. The summed E-state index contributed by atoms with van der Waals surface area (Å²) in [5, 5.41) is 0. The molecule has 0 spiro atoms. The topological polar surface area (TPSA) is 47.7 Å². The van der Waals surface area contributed by atoms with Gasteiger partial charge in [-0.1, -0.05) is 0 Å². The van der Waals surface area contributed by atoms with Gasteiger partial charge in [0.1, 0.15) is 11.5 Å². The fourth-order valence-electron chi connectivity index (χ4n) is 3.48. The second-order valence-electron chi connectivity index (χ2n) is 6.28. The van der Waals surface area contributed by atoms with Gasteiger partial charge in [-0.05, 0) is 44.6 Å². The van der Waals surface area contributed by atoms with Crippen LogP contribution in [0.4, 0.5) is 5.69 Å². The van der Waals surface area contributed by atoms with Crippen molar-refractivity contribution < 1.29 is 9.47 Å². The highest BCUT2D eigenvalue weighted by molar-refractivity contribution is 5.65. The number of anilines is 1. The molecule has 0 radical (unpaired) electrons. The number of methoxy groups -OCH3 is 2. The van der Waals surface area contributed by atoms with Gasteiger partial charge in [-0.25, -0.2) is 0 Å². The lowest BCUT2D eigenvalue weighted by atomic mass is 9.72. The molecule has 4 nitrogen and oxygen atoms in total. The van der Waals surface area contributed by atoms with Crippen LogP contribution >= 0.6 is 0 Å². The standard InChI is InChI=1S/C17H26N2O2/c1-20-15-12-14(19-9-4-3-5-10-19)16(21-2)11-13(15)17(18)7-6-8-17/h11-12H,3-10,18H2,1-2H3. The highest BCUT2D eigenvalue weighted by atomic mass is 16.5. The van der Waals surface area contributed by atoms with Crippen molar-refractivity contribution in [3.8, 4) is 11.5 Å². The van der Waals surface area contributed by atoms with Gasteiger partial charge in [0.15, 0.2) is 0 Å². The number of rotatable bonds is 4. The number of piperidine rings is 1. The molecule has 1 aromatic rings. The molecular weight excluding hydrogens is 264 g/mol. The first-order valence-corrected chi connectivity index (χ1v) is 7.98. The third-order valence-corrected chi connectivity index (χ3v) is 4.98. The lowest BCUT2D eigenvalue weighted by molar-refractivity contribution is 0.243. The zero-order valence-electron chi connectivity index (χ0n) is 13.2. The molecule has 21 heavy (non-hydrogen) atoms. The minimum Gasteiger partial charge on any atom is -0.496 e. The largest absolute Gasteiger partial charge is 0.496 e. The van der Waals surface area contributed by atoms with Crippen molar-refractivity contribution in [3.63, 3.8) is 0 Å². The molecule has 0 aromatic heterocycles. The third kappa shape index (κ3) is 2.57. The molecule has 0 amide bonds. The number of benzene rings is 1. The highest BCUT2D eigenvalue weighted by Gasteiger charge is 2.37. The summed E-state index contributed by atoms with van der Waals surface area (Å²) < 4.78 is 11.3. The second kappa shape index (κ2) is 5.76. The lowest BCUT2D eigenvalue weighted by Gasteiger charge is -2.40. The first kappa shape index (κ1) is 14.5. The van der Waals surface area contributed by atoms with E-state index in [0.717, 1.165) is 48.7 Å². The zero-order valence-corrected chi connectivity index (χ0v) is 13.2. The van der Waals surface area contributed by atoms with Gasteiger partial charge in [0.25, 0.3) is 0 Å². The molecule has 0 atom stereocenters. The molecule has 4 heteroatoms. The number of nitrogens with zero attached hydrogens (tertiary/aromatic N) is 1. The van der Waals surface area contributed by atoms with Gasteiger partial charge in [0.05, 0.1) is 19.9 Å². The Balaban J connectivity index is 2.00. The van der Waals surface area contributed by atoms with E-state index in [0.29, 0.717) is 0 Å². The van der Waals surface area contributed by atoms with Gasteiger partial charge in [0, 0.05) is 30.3 Å². The predicted molar refractivity (Wildman–Crippen MR) is 85.3 cm³/mol. The zero-order chi connectivity index (χ0) is 14.9. The Morgan fingerprint density at radius 2 is 1.62 bits per heavy atom. The Kier molecular flexibility index (Phi) is 3.98. The van der Waals surface area contributed by atoms with Crippen molar-refractivity contribution in [3.05, 3.63) is 17.7 Å². The maximum absolute atomic E-state index is 6.50. The molecule has 2 N–H and O–H groups in total. The van der Waals surface area contributed by atoms with Gasteiger partial charge in [-0.3, -0.25) is 0 Å². The monoisotopic (exact) mass is 290 g/mol. The van der Waals surface area contributed by atoms with Crippen LogP contribution in [-0.4, -0.2) is 27.3 Å². The molecule has 116 valence electrons. The second-order valence-corrected chi connectivity index (χ2v) is 6.28. The Morgan fingerprint density at radius 1 is 0.952 bits per heavy atom. The molecular formula is C17H26N2O2. The maximum Gasteiger partial charge on any atom is 0.142 e. The van der Waals surface area contributed by atoms with E-state index in [1.54, 1.807) is 14.2 Å². The van der Waals surface area contributed by atoms with Gasteiger partial charge < -0.3 is 20.1 Å². The van der Waals surface area contributed by atoms with Crippen LogP contribution in [0.3, 0.4) is 0 Å². The summed E-state index contributed by atoms with van der Waals surface area (Å²) in [4.78, 5) is 2.40. The highest BCUT2D eigenvalue weighted by Crippen LogP contribution is 2.47. The average Bonchev–Trinajstić information content (AvgIpc) is 2.52. The van der Waals surface area contributed by atoms with E-state index in [1.165, 1.54) is 25.7 Å². The normalized spacial score (nSPS) is 20.8. The van der Waals surface area contributed by atoms with E-state index in [4.69, 9.17) is 15.2 Å². The van der Waals surface area contributed by atoms with Gasteiger partial charge in [-0.15, -0.1) is 0 Å². The maximum atomic E-state index is 6.50. The third-order valence-electron chi connectivity index (χ3n) is 4.98. The molecule has 1 aromatic carbocycles. The summed E-state index contributed by atoms with van der Waals surface area (Å²) >= 11 is 0. The van der Waals surface area contributed by atoms with Crippen molar-refractivity contribution in [2.45, 2.75) is 44.1 Å². The van der Waals surface area contributed by atoms with Crippen molar-refractivity contribution in [1.29, 1.82) is 0 Å². The summed E-state index contributed by atoms with van der Waals surface area (Å²) in [6.07, 6.45) is 7.04. The van der Waals surface area contributed by atoms with Crippen LogP contribution in [0.5, 0.6) is 11.5 Å². The smallest absolute Gasteiger partial charge is 0.142 e. The van der Waals surface area contributed by atoms with Crippen LogP contribution in [-0.2, 0) is 5.54 Å². The first-order valence-electron chi connectivity index (χ1n) is 7.98. The van der Waals surface area contributed by atoms with Crippen LogP contribution in [0.1, 0.15) is 44.1 Å². The Morgan fingerprint density at radius 3 is 2.14 bits per heavy atom. The molecule has 0 unspecified atom stereocenters. The Hall–Kier alpha value is -1.42. The van der Waals surface area contributed by atoms with Gasteiger partial charge in [-0.2, -0.15) is 0 Å². The van der Waals surface area contributed by atoms with Gasteiger partial charge in [0.2, 0.25) is 0 Å². The summed E-state index contributed by atoms with van der Waals surface area (Å²) in [5.41, 5.74) is 8.50. The Labute approximate surface area is 127 Å². The molecule has 1 saturated heterocycles. The molecule has 1 saturated carbocycles. The van der Waals surface area contributed by atoms with Crippen LogP contribution in [0.2, 0.25) is 0 Å². The molecule has 0 bridgehead atoms. The molecule has 2 fully saturated rings. The SMILES string of the molecule is COc1cc(C2(N)CCC2)c(OC)cc1N1CCCCC1. The molecule has 2 aliphatic rings. The number of ether oxygens (including phenoxy) is 2. The van der Waals surface area contributed by atoms with Crippen molar-refractivity contribution in [1.82, 2.24) is 0 Å². The summed E-state index contributed by atoms with van der Waals surface area (Å²) in [6, 6.07) is 4.22. The van der Waals surface area contributed by atoms with Crippen LogP contribution < -0.4 is 20.1 Å². The van der Waals surface area contributed by atoms with E-state index in [9.17, 15) is 0 Å². The number of hydrogen-bond donors (Lipinski definition) is 1. The quantitative estimate of drug-likeness (QED) is 0.926. The molecule has 3 rings (SSSR count). The number of nitrogens with two attached hydrogens (primary N) is 1.